The summed E-state index contributed by atoms with van der Waals surface area (Å²) in [4.78, 5) is 30.4. The summed E-state index contributed by atoms with van der Waals surface area (Å²) in [6.07, 6.45) is 1.32. The summed E-state index contributed by atoms with van der Waals surface area (Å²) in [6, 6.07) is 7.38. The maximum atomic E-state index is 12.4. The lowest BCUT2D eigenvalue weighted by Gasteiger charge is -2.29. The predicted molar refractivity (Wildman–Crippen MR) is 90.1 cm³/mol. The molecule has 2 atom stereocenters. The predicted octanol–water partition coefficient (Wildman–Crippen LogP) is 2.79. The Balaban J connectivity index is 1.45. The number of hydrogen-bond donors (Lipinski definition) is 0. The molecule has 2 aliphatic heterocycles. The molecule has 4 rings (SSSR count). The highest BCUT2D eigenvalue weighted by atomic mass is 32.2. The first-order chi connectivity index (χ1) is 11.1. The molecule has 0 spiro atoms. The lowest BCUT2D eigenvalue weighted by molar-refractivity contribution is -0.154. The van der Waals surface area contributed by atoms with Crippen molar-refractivity contribution in [2.24, 2.45) is 0 Å². The number of para-hydroxylation sites is 1. The van der Waals surface area contributed by atoms with Crippen LogP contribution in [0.3, 0.4) is 0 Å². The Kier molecular flexibility index (Phi) is 3.57. The van der Waals surface area contributed by atoms with Gasteiger partial charge >= 0.3 is 5.97 Å². The first kappa shape index (κ1) is 15.0. The Hall–Kier alpha value is -1.60. The number of rotatable bonds is 3. The molecule has 0 radical (unpaired) electrons. The fourth-order valence-electron chi connectivity index (χ4n) is 3.21. The summed E-state index contributed by atoms with van der Waals surface area (Å²) < 4.78 is 6.53. The van der Waals surface area contributed by atoms with Gasteiger partial charge in [0.2, 0.25) is 5.91 Å². The van der Waals surface area contributed by atoms with Gasteiger partial charge in [-0.05, 0) is 25.5 Å². The number of benzene rings is 1. The van der Waals surface area contributed by atoms with Crippen molar-refractivity contribution in [1.82, 2.24) is 9.88 Å². The molecule has 0 N–H and O–H groups in total. The van der Waals surface area contributed by atoms with Gasteiger partial charge in [-0.1, -0.05) is 12.1 Å². The summed E-state index contributed by atoms with van der Waals surface area (Å²) >= 11 is 3.20. The van der Waals surface area contributed by atoms with Crippen LogP contribution in [0.2, 0.25) is 0 Å². The molecule has 0 saturated carbocycles. The van der Waals surface area contributed by atoms with Crippen molar-refractivity contribution in [3.63, 3.8) is 0 Å². The summed E-state index contributed by atoms with van der Waals surface area (Å²) in [5.41, 5.74) is 0.919. The van der Waals surface area contributed by atoms with Crippen LogP contribution in [0.1, 0.15) is 24.8 Å². The van der Waals surface area contributed by atoms with E-state index in [1.54, 1.807) is 16.7 Å². The number of carbonyl (C=O) groups excluding carboxylic acids is 2. The van der Waals surface area contributed by atoms with E-state index in [1.165, 1.54) is 11.3 Å². The van der Waals surface area contributed by atoms with Crippen molar-refractivity contribution < 1.29 is 14.3 Å². The molecule has 1 amide bonds. The maximum Gasteiger partial charge on any atom is 0.330 e. The van der Waals surface area contributed by atoms with E-state index in [2.05, 4.69) is 4.98 Å². The number of thiazole rings is 1. The maximum absolute atomic E-state index is 12.4. The van der Waals surface area contributed by atoms with Crippen LogP contribution in [0.25, 0.3) is 10.2 Å². The summed E-state index contributed by atoms with van der Waals surface area (Å²) in [5.74, 6) is 0.344. The monoisotopic (exact) mass is 348 g/mol. The van der Waals surface area contributed by atoms with Gasteiger partial charge in [0.1, 0.15) is 17.7 Å². The first-order valence-electron chi connectivity index (χ1n) is 7.54. The molecule has 120 valence electrons. The number of fused-ring (bicyclic) bond motifs is 2. The lowest BCUT2D eigenvalue weighted by Crippen LogP contribution is -2.46. The van der Waals surface area contributed by atoms with E-state index in [9.17, 15) is 9.59 Å². The number of hydrogen-bond acceptors (Lipinski definition) is 6. The average Bonchev–Trinajstić information content (AvgIpc) is 3.18. The van der Waals surface area contributed by atoms with Gasteiger partial charge in [0.15, 0.2) is 0 Å². The Bertz CT molecular complexity index is 757. The third kappa shape index (κ3) is 2.52. The van der Waals surface area contributed by atoms with Crippen LogP contribution >= 0.6 is 23.1 Å². The van der Waals surface area contributed by atoms with E-state index in [-0.39, 0.29) is 23.4 Å². The lowest BCUT2D eigenvalue weighted by atomic mass is 10.2. The molecule has 5 nitrogen and oxygen atoms in total. The van der Waals surface area contributed by atoms with Gasteiger partial charge in [0.05, 0.1) is 15.1 Å². The van der Waals surface area contributed by atoms with Gasteiger partial charge < -0.3 is 9.64 Å². The smallest absolute Gasteiger partial charge is 0.330 e. The normalized spacial score (nSPS) is 26.7. The second kappa shape index (κ2) is 5.49. The molecule has 0 unspecified atom stereocenters. The van der Waals surface area contributed by atoms with Crippen LogP contribution in [0.4, 0.5) is 0 Å². The first-order valence-corrected chi connectivity index (χ1v) is 9.34. The molecular weight excluding hydrogens is 332 g/mol. The quantitative estimate of drug-likeness (QED) is 0.798. The van der Waals surface area contributed by atoms with E-state index in [4.69, 9.17) is 4.74 Å². The van der Waals surface area contributed by atoms with Crippen LogP contribution in [-0.4, -0.2) is 38.4 Å². The second-order valence-corrected chi connectivity index (χ2v) is 8.57. The van der Waals surface area contributed by atoms with Crippen molar-refractivity contribution in [1.29, 1.82) is 0 Å². The van der Waals surface area contributed by atoms with Crippen LogP contribution in [-0.2, 0) is 20.9 Å². The summed E-state index contributed by atoms with van der Waals surface area (Å²) in [7, 11) is 0. The molecular formula is C16H16N2O3S2. The molecule has 1 aromatic carbocycles. The third-order valence-electron chi connectivity index (χ3n) is 4.39. The van der Waals surface area contributed by atoms with Gasteiger partial charge in [0, 0.05) is 12.2 Å². The topological polar surface area (TPSA) is 59.5 Å². The Morgan fingerprint density at radius 2 is 2.30 bits per heavy atom. The van der Waals surface area contributed by atoms with Gasteiger partial charge in [-0.2, -0.15) is 0 Å². The van der Waals surface area contributed by atoms with Crippen molar-refractivity contribution in [2.75, 3.05) is 5.75 Å². The standard InChI is InChI=1S/C16H16N2O3S2/c1-16-7-6-14(19)18(16)11(9-22-16)15(20)21-8-13-17-10-4-2-3-5-12(10)23-13/h2-5,11H,6-9H2,1H3/t11-,16-/m1/s1. The molecule has 2 fully saturated rings. The zero-order chi connectivity index (χ0) is 16.0. The highest BCUT2D eigenvalue weighted by molar-refractivity contribution is 8.01. The van der Waals surface area contributed by atoms with Gasteiger partial charge in [-0.3, -0.25) is 4.79 Å². The molecule has 23 heavy (non-hydrogen) atoms. The number of ether oxygens (including phenoxy) is 1. The van der Waals surface area contributed by atoms with E-state index >= 15 is 0 Å². The van der Waals surface area contributed by atoms with Crippen LogP contribution in [0, 0.1) is 0 Å². The average molecular weight is 348 g/mol. The molecule has 0 bridgehead atoms. The molecule has 1 aromatic heterocycles. The zero-order valence-electron chi connectivity index (χ0n) is 12.7. The Morgan fingerprint density at radius 3 is 3.13 bits per heavy atom. The van der Waals surface area contributed by atoms with Crippen LogP contribution in [0.5, 0.6) is 0 Å². The minimum atomic E-state index is -0.464. The minimum Gasteiger partial charge on any atom is -0.457 e. The van der Waals surface area contributed by atoms with Crippen molar-refractivity contribution in [3.8, 4) is 0 Å². The number of aromatic nitrogens is 1. The zero-order valence-corrected chi connectivity index (χ0v) is 14.3. The minimum absolute atomic E-state index is 0.0550. The van der Waals surface area contributed by atoms with Crippen molar-refractivity contribution in [3.05, 3.63) is 29.3 Å². The Morgan fingerprint density at radius 1 is 1.48 bits per heavy atom. The summed E-state index contributed by atoms with van der Waals surface area (Å²) in [6.45, 7) is 2.20. The number of amides is 1. The van der Waals surface area contributed by atoms with Crippen LogP contribution in [0.15, 0.2) is 24.3 Å². The fourth-order valence-corrected chi connectivity index (χ4v) is 5.50. The number of esters is 1. The second-order valence-electron chi connectivity index (χ2n) is 5.95. The highest BCUT2D eigenvalue weighted by Crippen LogP contribution is 2.47. The van der Waals surface area contributed by atoms with E-state index in [0.717, 1.165) is 21.6 Å². The number of nitrogens with zero attached hydrogens (tertiary/aromatic N) is 2. The third-order valence-corrected chi connectivity index (χ3v) is 6.91. The van der Waals surface area contributed by atoms with Gasteiger partial charge in [-0.15, -0.1) is 23.1 Å². The molecule has 0 aliphatic carbocycles. The van der Waals surface area contributed by atoms with E-state index in [0.29, 0.717) is 12.2 Å². The SMILES string of the molecule is C[C@@]12CCC(=O)N1[C@@H](C(=O)OCc1nc3ccccc3s1)CS2. The molecule has 7 heteroatoms. The molecule has 2 aromatic rings. The van der Waals surface area contributed by atoms with Gasteiger partial charge in [-0.25, -0.2) is 9.78 Å². The van der Waals surface area contributed by atoms with Crippen molar-refractivity contribution in [2.45, 2.75) is 37.3 Å². The Labute approximate surface area is 142 Å². The van der Waals surface area contributed by atoms with Crippen LogP contribution < -0.4 is 0 Å². The summed E-state index contributed by atoms with van der Waals surface area (Å²) in [5, 5.41) is 0.778. The molecule has 2 saturated heterocycles. The van der Waals surface area contributed by atoms with Crippen molar-refractivity contribution >= 4 is 45.2 Å². The van der Waals surface area contributed by atoms with Gasteiger partial charge in [0.25, 0.3) is 0 Å². The van der Waals surface area contributed by atoms with E-state index < -0.39 is 6.04 Å². The largest absolute Gasteiger partial charge is 0.457 e. The van der Waals surface area contributed by atoms with E-state index in [1.807, 2.05) is 31.2 Å². The number of thioether (sulfide) groups is 1. The molecule has 3 heterocycles. The fraction of sp³-hybridized carbons (Fsp3) is 0.438. The molecule has 2 aliphatic rings. The number of carbonyl (C=O) groups is 2. The highest BCUT2D eigenvalue weighted by Gasteiger charge is 2.53.